The second-order valence-electron chi connectivity index (χ2n) is 10.6. The zero-order valence-electron chi connectivity index (χ0n) is 21.7. The number of phenols is 1. The van der Waals surface area contributed by atoms with Crippen molar-refractivity contribution < 1.29 is 24.4 Å². The zero-order chi connectivity index (χ0) is 27.0. The lowest BCUT2D eigenvalue weighted by Gasteiger charge is -2.43. The molecule has 0 spiro atoms. The van der Waals surface area contributed by atoms with Crippen LogP contribution in [0.5, 0.6) is 5.75 Å². The molecule has 0 bridgehead atoms. The zero-order valence-corrected chi connectivity index (χ0v) is 24.1. The van der Waals surface area contributed by atoms with E-state index in [4.69, 9.17) is 4.65 Å². The molecule has 2 aromatic rings. The quantitative estimate of drug-likeness (QED) is 0.215. The number of aromatic hydroxyl groups is 1. The average Bonchev–Trinajstić information content (AvgIpc) is 3.47. The number of benzene rings is 1. The van der Waals surface area contributed by atoms with Crippen LogP contribution in [-0.2, 0) is 20.8 Å². The molecule has 2 N–H and O–H groups in total. The van der Waals surface area contributed by atoms with Gasteiger partial charge in [0.05, 0.1) is 24.5 Å². The molecule has 4 atom stereocenters. The van der Waals surface area contributed by atoms with Gasteiger partial charge in [-0.1, -0.05) is 52.6 Å². The first-order chi connectivity index (χ1) is 18.3. The molecule has 5 rings (SSSR count). The highest BCUT2D eigenvalue weighted by atomic mass is 79.9. The number of allylic oxidation sites excluding steroid dienone is 2. The number of hydrogen-bond acceptors (Lipinski definition) is 6. The number of nitrogens with zero attached hydrogens (tertiary/aromatic N) is 1. The van der Waals surface area contributed by atoms with Crippen molar-refractivity contribution in [3.8, 4) is 5.75 Å². The number of phenolic OH excluding ortho intramolecular Hbond substituents is 1. The largest absolute Gasteiger partial charge is 0.507 e. The van der Waals surface area contributed by atoms with Crippen molar-refractivity contribution in [1.29, 1.82) is 0 Å². The molecule has 0 unspecified atom stereocenters. The molecule has 3 heterocycles. The molecular weight excluding hydrogens is 565 g/mol. The SMILES string of the molecule is CCCC1=C2[C@@H](CC/C(C)=C/c3cc(Br)ccc3O)OB(O)C[C@@H]2[C@@H]2C(=O)N(Cc3cccs3)C(=O)[C@@H]2C1. The fraction of sp³-hybridized carbons (Fsp3) is 0.448. The normalized spacial score (nSPS) is 25.7. The minimum absolute atomic E-state index is 0.0776. The molecule has 200 valence electrons. The standard InChI is InChI=1S/C29H33BBrNO5S/c1-3-5-18-14-22-27(29(35)32(28(22)34)16-21-6-4-11-38-21)23-15-30(36)37-25(26(18)23)10-7-17(2)12-19-13-20(31)8-9-24(19)33/h4,6,8-9,11-13,22-23,25,27,33,36H,3,5,7,10,14-16H2,1-2H3/b17-12+/t22-,23+,25-,27-/m1/s1. The molecule has 1 aromatic heterocycles. The lowest BCUT2D eigenvalue weighted by molar-refractivity contribution is -0.140. The summed E-state index contributed by atoms with van der Waals surface area (Å²) in [7, 11) is -0.969. The Hall–Kier alpha value is -2.20. The van der Waals surface area contributed by atoms with Crippen LogP contribution in [0.3, 0.4) is 0 Å². The third kappa shape index (κ3) is 5.44. The fourth-order valence-corrected chi connectivity index (χ4v) is 7.49. The molecule has 2 aliphatic heterocycles. The highest BCUT2D eigenvalue weighted by molar-refractivity contribution is 9.10. The number of carbonyl (C=O) groups excluding carboxylic acids is 2. The molecule has 0 radical (unpaired) electrons. The highest BCUT2D eigenvalue weighted by Crippen LogP contribution is 2.51. The third-order valence-electron chi connectivity index (χ3n) is 8.04. The topological polar surface area (TPSA) is 87.1 Å². The molecule has 9 heteroatoms. The Morgan fingerprint density at radius 3 is 2.82 bits per heavy atom. The summed E-state index contributed by atoms with van der Waals surface area (Å²) < 4.78 is 7.00. The first kappa shape index (κ1) is 27.4. The van der Waals surface area contributed by atoms with Crippen molar-refractivity contribution in [1.82, 2.24) is 4.90 Å². The molecule has 3 aliphatic rings. The summed E-state index contributed by atoms with van der Waals surface area (Å²) >= 11 is 5.01. The lowest BCUT2D eigenvalue weighted by atomic mass is 9.58. The Morgan fingerprint density at radius 2 is 2.08 bits per heavy atom. The molecule has 1 aromatic carbocycles. The maximum Gasteiger partial charge on any atom is 0.455 e. The Labute approximate surface area is 236 Å². The van der Waals surface area contributed by atoms with E-state index in [1.165, 1.54) is 10.5 Å². The van der Waals surface area contributed by atoms with Gasteiger partial charge in [0.2, 0.25) is 11.8 Å². The van der Waals surface area contributed by atoms with Gasteiger partial charge in [-0.25, -0.2) is 0 Å². The maximum absolute atomic E-state index is 13.7. The summed E-state index contributed by atoms with van der Waals surface area (Å²) in [5.74, 6) is -0.946. The minimum Gasteiger partial charge on any atom is -0.507 e. The van der Waals surface area contributed by atoms with E-state index in [9.17, 15) is 19.7 Å². The summed E-state index contributed by atoms with van der Waals surface area (Å²) in [5, 5.41) is 22.9. The van der Waals surface area contributed by atoms with Gasteiger partial charge in [0.1, 0.15) is 5.75 Å². The smallest absolute Gasteiger partial charge is 0.455 e. The third-order valence-corrected chi connectivity index (χ3v) is 9.39. The molecule has 0 saturated carbocycles. The van der Waals surface area contributed by atoms with Gasteiger partial charge in [-0.3, -0.25) is 14.5 Å². The Morgan fingerprint density at radius 1 is 1.26 bits per heavy atom. The predicted octanol–water partition coefficient (Wildman–Crippen LogP) is 6.20. The summed E-state index contributed by atoms with van der Waals surface area (Å²) in [5.41, 5.74) is 4.18. The van der Waals surface area contributed by atoms with Crippen LogP contribution < -0.4 is 0 Å². The van der Waals surface area contributed by atoms with Crippen molar-refractivity contribution in [2.75, 3.05) is 0 Å². The average molecular weight is 598 g/mol. The predicted molar refractivity (Wildman–Crippen MR) is 153 cm³/mol. The fourth-order valence-electron chi connectivity index (χ4n) is 6.42. The first-order valence-electron chi connectivity index (χ1n) is 13.4. The Kier molecular flexibility index (Phi) is 8.29. The molecule has 2 amide bonds. The van der Waals surface area contributed by atoms with E-state index in [1.54, 1.807) is 23.5 Å². The van der Waals surface area contributed by atoms with Crippen LogP contribution >= 0.6 is 27.3 Å². The van der Waals surface area contributed by atoms with Crippen molar-refractivity contribution in [3.63, 3.8) is 0 Å². The number of hydrogen-bond donors (Lipinski definition) is 2. The molecule has 2 saturated heterocycles. The van der Waals surface area contributed by atoms with Crippen LogP contribution in [0.4, 0.5) is 0 Å². The van der Waals surface area contributed by atoms with E-state index < -0.39 is 13.0 Å². The van der Waals surface area contributed by atoms with Crippen molar-refractivity contribution in [2.45, 2.75) is 64.9 Å². The second-order valence-corrected chi connectivity index (χ2v) is 12.6. The van der Waals surface area contributed by atoms with Crippen molar-refractivity contribution in [2.24, 2.45) is 17.8 Å². The van der Waals surface area contributed by atoms with Gasteiger partial charge in [0.15, 0.2) is 0 Å². The van der Waals surface area contributed by atoms with Crippen LogP contribution in [0.15, 0.2) is 56.9 Å². The van der Waals surface area contributed by atoms with Gasteiger partial charge in [-0.05, 0) is 80.1 Å². The monoisotopic (exact) mass is 597 g/mol. The van der Waals surface area contributed by atoms with Gasteiger partial charge in [0, 0.05) is 14.9 Å². The maximum atomic E-state index is 13.7. The number of thiophene rings is 1. The summed E-state index contributed by atoms with van der Waals surface area (Å²) in [6.45, 7) is 4.48. The van der Waals surface area contributed by atoms with E-state index in [0.717, 1.165) is 38.9 Å². The van der Waals surface area contributed by atoms with Gasteiger partial charge in [0.25, 0.3) is 0 Å². The van der Waals surface area contributed by atoms with Gasteiger partial charge >= 0.3 is 7.12 Å². The molecule has 2 fully saturated rings. The van der Waals surface area contributed by atoms with Crippen molar-refractivity contribution in [3.05, 3.63) is 67.3 Å². The number of likely N-dealkylation sites (tertiary alicyclic amines) is 1. The summed E-state index contributed by atoms with van der Waals surface area (Å²) in [4.78, 5) is 29.6. The van der Waals surface area contributed by atoms with Gasteiger partial charge in [-0.15, -0.1) is 11.3 Å². The second kappa shape index (κ2) is 11.5. The molecule has 38 heavy (non-hydrogen) atoms. The van der Waals surface area contributed by atoms with E-state index in [1.807, 2.05) is 36.6 Å². The van der Waals surface area contributed by atoms with Crippen molar-refractivity contribution >= 4 is 52.3 Å². The van der Waals surface area contributed by atoms with E-state index in [2.05, 4.69) is 22.9 Å². The number of amides is 2. The van der Waals surface area contributed by atoms with Crippen LogP contribution in [0.2, 0.25) is 6.32 Å². The Balaban J connectivity index is 1.40. The molecular formula is C29H33BBrNO5S. The minimum atomic E-state index is -0.969. The van der Waals surface area contributed by atoms with Crippen LogP contribution in [0.1, 0.15) is 56.4 Å². The van der Waals surface area contributed by atoms with Crippen LogP contribution in [-0.4, -0.2) is 40.1 Å². The van der Waals surface area contributed by atoms with E-state index in [-0.39, 0.29) is 35.5 Å². The van der Waals surface area contributed by atoms with E-state index in [0.29, 0.717) is 32.1 Å². The number of fused-ring (bicyclic) bond motifs is 3. The number of carbonyl (C=O) groups is 2. The van der Waals surface area contributed by atoms with Crippen LogP contribution in [0.25, 0.3) is 6.08 Å². The van der Waals surface area contributed by atoms with Crippen LogP contribution in [0, 0.1) is 17.8 Å². The number of imide groups is 1. The molecule has 6 nitrogen and oxygen atoms in total. The summed E-state index contributed by atoms with van der Waals surface area (Å²) in [6.07, 6.45) is 5.77. The van der Waals surface area contributed by atoms with E-state index >= 15 is 0 Å². The first-order valence-corrected chi connectivity index (χ1v) is 15.0. The number of halogens is 1. The van der Waals surface area contributed by atoms with Gasteiger partial charge < -0.3 is 14.8 Å². The molecule has 1 aliphatic carbocycles. The highest BCUT2D eigenvalue weighted by Gasteiger charge is 2.57. The number of rotatable bonds is 8. The summed E-state index contributed by atoms with van der Waals surface area (Å²) in [6, 6.07) is 9.23. The Bertz CT molecular complexity index is 1280. The lowest BCUT2D eigenvalue weighted by Crippen LogP contribution is -2.46. The van der Waals surface area contributed by atoms with Gasteiger partial charge in [-0.2, -0.15) is 0 Å².